The Morgan fingerprint density at radius 2 is 2.07 bits per heavy atom. The Kier molecular flexibility index (Phi) is 4.63. The van der Waals surface area contributed by atoms with Crippen molar-refractivity contribution in [2.75, 3.05) is 13.6 Å². The van der Waals surface area contributed by atoms with E-state index in [-0.39, 0.29) is 17.7 Å². The Balaban J connectivity index is 3.06. The monoisotopic (exact) mass is 279 g/mol. The molecule has 0 bridgehead atoms. The van der Waals surface area contributed by atoms with Crippen LogP contribution in [0.3, 0.4) is 0 Å². The van der Waals surface area contributed by atoms with Crippen LogP contribution in [-0.2, 0) is 0 Å². The zero-order valence-electron chi connectivity index (χ0n) is 8.17. The van der Waals surface area contributed by atoms with Gasteiger partial charge in [-0.3, -0.25) is 0 Å². The average Bonchev–Trinajstić information content (AvgIpc) is 2.17. The summed E-state index contributed by atoms with van der Waals surface area (Å²) in [5.74, 6) is 0. The molecule has 5 heteroatoms. The normalized spacial score (nSPS) is 13.2. The molecule has 1 aromatic rings. The first kappa shape index (κ1) is 12.5. The van der Waals surface area contributed by atoms with Crippen LogP contribution in [0.2, 0.25) is 0 Å². The average molecular weight is 280 g/mol. The van der Waals surface area contributed by atoms with Crippen molar-refractivity contribution >= 4 is 15.9 Å². The summed E-state index contributed by atoms with van der Waals surface area (Å²) in [7, 11) is 1.66. The maximum atomic E-state index is 12.6. The zero-order chi connectivity index (χ0) is 11.4. The van der Waals surface area contributed by atoms with E-state index >= 15 is 0 Å². The third-order valence-electron chi connectivity index (χ3n) is 2.04. The first-order valence-corrected chi connectivity index (χ1v) is 5.25. The Bertz CT molecular complexity index is 333. The summed E-state index contributed by atoms with van der Waals surface area (Å²) in [6.45, 7) is 0.246. The van der Waals surface area contributed by atoms with Crippen LogP contribution in [0.25, 0.3) is 0 Å². The van der Waals surface area contributed by atoms with Gasteiger partial charge in [0.15, 0.2) is 0 Å². The predicted molar refractivity (Wildman–Crippen MR) is 58.0 cm³/mol. The third-order valence-corrected chi connectivity index (χ3v) is 2.53. The van der Waals surface area contributed by atoms with Gasteiger partial charge in [-0.25, -0.2) is 8.78 Å². The van der Waals surface area contributed by atoms with Crippen molar-refractivity contribution in [1.29, 1.82) is 0 Å². The summed E-state index contributed by atoms with van der Waals surface area (Å²) in [6, 6.07) is 4.38. The minimum absolute atomic E-state index is 0.124. The molecule has 0 radical (unpaired) electrons. The molecule has 15 heavy (non-hydrogen) atoms. The number of hydrogen-bond acceptors (Lipinski definition) is 2. The Labute approximate surface area is 95.4 Å². The number of aliphatic hydroxyl groups is 1. The first-order chi connectivity index (χ1) is 7.06. The first-order valence-electron chi connectivity index (χ1n) is 4.46. The number of halogens is 3. The molecule has 1 atom stereocenters. The lowest BCUT2D eigenvalue weighted by atomic mass is 10.0. The Hall–Kier alpha value is -0.520. The van der Waals surface area contributed by atoms with Crippen molar-refractivity contribution in [2.24, 2.45) is 0 Å². The molecule has 0 spiro atoms. The van der Waals surface area contributed by atoms with E-state index in [0.29, 0.717) is 4.47 Å². The lowest BCUT2D eigenvalue weighted by Crippen LogP contribution is -2.18. The van der Waals surface area contributed by atoms with Gasteiger partial charge < -0.3 is 10.4 Å². The second-order valence-electron chi connectivity index (χ2n) is 3.15. The summed E-state index contributed by atoms with van der Waals surface area (Å²) < 4.78 is 25.9. The van der Waals surface area contributed by atoms with E-state index in [4.69, 9.17) is 0 Å². The molecule has 0 aromatic heterocycles. The van der Waals surface area contributed by atoms with Gasteiger partial charge in [0, 0.05) is 16.6 Å². The molecule has 1 unspecified atom stereocenters. The fourth-order valence-corrected chi connectivity index (χ4v) is 1.72. The quantitative estimate of drug-likeness (QED) is 0.888. The van der Waals surface area contributed by atoms with E-state index in [0.717, 1.165) is 0 Å². The molecule has 0 fully saturated rings. The predicted octanol–water partition coefficient (Wildman–Crippen LogP) is 2.64. The van der Waals surface area contributed by atoms with Crippen LogP contribution in [0.1, 0.15) is 23.7 Å². The van der Waals surface area contributed by atoms with Gasteiger partial charge in [0.2, 0.25) is 0 Å². The molecule has 0 saturated heterocycles. The van der Waals surface area contributed by atoms with Gasteiger partial charge in [0.05, 0.1) is 6.10 Å². The minimum atomic E-state index is -2.57. The highest BCUT2D eigenvalue weighted by atomic mass is 79.9. The van der Waals surface area contributed by atoms with Crippen LogP contribution in [0, 0.1) is 0 Å². The number of likely N-dealkylation sites (N-methyl/N-ethyl adjacent to an activating group) is 1. The van der Waals surface area contributed by atoms with Crippen LogP contribution in [0.4, 0.5) is 8.78 Å². The smallest absolute Gasteiger partial charge is 0.264 e. The van der Waals surface area contributed by atoms with Gasteiger partial charge in [-0.05, 0) is 24.7 Å². The summed E-state index contributed by atoms with van der Waals surface area (Å²) in [6.07, 6.45) is -3.49. The van der Waals surface area contributed by atoms with Crippen molar-refractivity contribution in [3.63, 3.8) is 0 Å². The van der Waals surface area contributed by atoms with E-state index in [1.54, 1.807) is 7.05 Å². The van der Waals surface area contributed by atoms with E-state index in [1.165, 1.54) is 18.2 Å². The lowest BCUT2D eigenvalue weighted by Gasteiger charge is -2.15. The number of nitrogens with one attached hydrogen (secondary N) is 1. The molecule has 84 valence electrons. The highest BCUT2D eigenvalue weighted by molar-refractivity contribution is 9.10. The second kappa shape index (κ2) is 5.53. The minimum Gasteiger partial charge on any atom is -0.387 e. The highest BCUT2D eigenvalue weighted by Crippen LogP contribution is 2.29. The molecule has 0 aliphatic heterocycles. The Morgan fingerprint density at radius 3 is 2.60 bits per heavy atom. The zero-order valence-corrected chi connectivity index (χ0v) is 9.76. The maximum Gasteiger partial charge on any atom is 0.264 e. The third kappa shape index (κ3) is 3.22. The molecule has 2 nitrogen and oxygen atoms in total. The highest BCUT2D eigenvalue weighted by Gasteiger charge is 2.18. The molecule has 0 amide bonds. The van der Waals surface area contributed by atoms with Gasteiger partial charge >= 0.3 is 0 Å². The van der Waals surface area contributed by atoms with Crippen molar-refractivity contribution in [2.45, 2.75) is 12.5 Å². The molecule has 0 saturated carbocycles. The summed E-state index contributed by atoms with van der Waals surface area (Å²) in [5.41, 5.74) is 0.134. The maximum absolute atomic E-state index is 12.6. The van der Waals surface area contributed by atoms with Crippen molar-refractivity contribution in [3.05, 3.63) is 33.8 Å². The fraction of sp³-hybridized carbons (Fsp3) is 0.400. The van der Waals surface area contributed by atoms with Crippen LogP contribution < -0.4 is 5.32 Å². The largest absolute Gasteiger partial charge is 0.387 e. The number of benzene rings is 1. The number of rotatable bonds is 4. The van der Waals surface area contributed by atoms with Crippen LogP contribution in [0.5, 0.6) is 0 Å². The van der Waals surface area contributed by atoms with Crippen molar-refractivity contribution in [3.8, 4) is 0 Å². The fourth-order valence-electron chi connectivity index (χ4n) is 1.34. The molecule has 0 aliphatic carbocycles. The summed E-state index contributed by atoms with van der Waals surface area (Å²) >= 11 is 3.19. The molecular formula is C10H12BrF2NO. The number of aliphatic hydroxyl groups excluding tert-OH is 1. The number of alkyl halides is 2. The van der Waals surface area contributed by atoms with Gasteiger partial charge in [-0.15, -0.1) is 0 Å². The van der Waals surface area contributed by atoms with Gasteiger partial charge in [-0.1, -0.05) is 22.0 Å². The van der Waals surface area contributed by atoms with E-state index in [1.807, 2.05) is 0 Å². The summed E-state index contributed by atoms with van der Waals surface area (Å²) in [4.78, 5) is 0. The number of hydrogen-bond donors (Lipinski definition) is 2. The van der Waals surface area contributed by atoms with Crippen molar-refractivity contribution in [1.82, 2.24) is 5.32 Å². The topological polar surface area (TPSA) is 32.3 Å². The molecular weight excluding hydrogens is 268 g/mol. The molecule has 1 rings (SSSR count). The Morgan fingerprint density at radius 1 is 1.40 bits per heavy atom. The van der Waals surface area contributed by atoms with Gasteiger partial charge in [0.1, 0.15) is 0 Å². The molecule has 0 aliphatic rings. The van der Waals surface area contributed by atoms with Gasteiger partial charge in [0.25, 0.3) is 6.43 Å². The van der Waals surface area contributed by atoms with E-state index in [2.05, 4.69) is 21.2 Å². The van der Waals surface area contributed by atoms with E-state index < -0.39 is 12.5 Å². The van der Waals surface area contributed by atoms with Crippen molar-refractivity contribution < 1.29 is 13.9 Å². The summed E-state index contributed by atoms with van der Waals surface area (Å²) in [5, 5.41) is 12.4. The molecule has 0 heterocycles. The van der Waals surface area contributed by atoms with Crippen LogP contribution in [-0.4, -0.2) is 18.7 Å². The lowest BCUT2D eigenvalue weighted by molar-refractivity contribution is 0.136. The van der Waals surface area contributed by atoms with Crippen LogP contribution in [0.15, 0.2) is 22.7 Å². The van der Waals surface area contributed by atoms with E-state index in [9.17, 15) is 13.9 Å². The SMILES string of the molecule is CNCC(O)c1cc(Br)ccc1C(F)F. The van der Waals surface area contributed by atoms with Crippen LogP contribution >= 0.6 is 15.9 Å². The molecule has 2 N–H and O–H groups in total. The molecule has 1 aromatic carbocycles. The second-order valence-corrected chi connectivity index (χ2v) is 4.06. The standard InChI is InChI=1S/C10H12BrF2NO/c1-14-5-9(15)8-4-6(11)2-3-7(8)10(12)13/h2-4,9-10,14-15H,5H2,1H3. The van der Waals surface area contributed by atoms with Gasteiger partial charge in [-0.2, -0.15) is 0 Å².